The van der Waals surface area contributed by atoms with Gasteiger partial charge in [0.15, 0.2) is 0 Å². The number of benzene rings is 1. The van der Waals surface area contributed by atoms with E-state index in [2.05, 4.69) is 0 Å². The first-order valence-electron chi connectivity index (χ1n) is 6.72. The molecular formula is C15H19FN2O2S. The average molecular weight is 310 g/mol. The Morgan fingerprint density at radius 2 is 2.14 bits per heavy atom. The van der Waals surface area contributed by atoms with Crippen molar-refractivity contribution < 1.29 is 14.3 Å². The number of anilines is 1. The third-order valence-corrected chi connectivity index (χ3v) is 4.30. The first-order valence-corrected chi connectivity index (χ1v) is 7.54. The Hall–Kier alpha value is -1.66. The zero-order valence-electron chi connectivity index (χ0n) is 12.3. The van der Waals surface area contributed by atoms with Gasteiger partial charge in [0.1, 0.15) is 10.7 Å². The summed E-state index contributed by atoms with van der Waals surface area (Å²) in [6, 6.07) is 4.66. The van der Waals surface area contributed by atoms with Crippen molar-refractivity contribution in [2.45, 2.75) is 26.4 Å². The number of amides is 1. The van der Waals surface area contributed by atoms with E-state index in [9.17, 15) is 14.3 Å². The molecule has 0 unspecified atom stereocenters. The molecule has 0 aliphatic carbocycles. The van der Waals surface area contributed by atoms with Gasteiger partial charge >= 0.3 is 0 Å². The lowest BCUT2D eigenvalue weighted by atomic mass is 10.1. The highest BCUT2D eigenvalue weighted by atomic mass is 32.1. The Kier molecular flexibility index (Phi) is 4.20. The van der Waals surface area contributed by atoms with Crippen LogP contribution in [0.1, 0.15) is 30.4 Å². The largest absolute Gasteiger partial charge is 0.397 e. The van der Waals surface area contributed by atoms with Gasteiger partial charge in [-0.3, -0.25) is 4.79 Å². The topological polar surface area (TPSA) is 66.6 Å². The number of hydrogen-bond donors (Lipinski definition) is 2. The van der Waals surface area contributed by atoms with Crippen molar-refractivity contribution in [3.8, 4) is 0 Å². The van der Waals surface area contributed by atoms with E-state index in [1.165, 1.54) is 22.3 Å². The van der Waals surface area contributed by atoms with Gasteiger partial charge in [-0.25, -0.2) is 4.39 Å². The minimum Gasteiger partial charge on any atom is -0.397 e. The second-order valence-electron chi connectivity index (χ2n) is 5.59. The Balaban J connectivity index is 2.43. The van der Waals surface area contributed by atoms with Gasteiger partial charge < -0.3 is 15.7 Å². The lowest BCUT2D eigenvalue weighted by molar-refractivity contribution is 0.0318. The normalized spacial score (nSPS) is 11.9. The van der Waals surface area contributed by atoms with Crippen LogP contribution in [0.4, 0.5) is 10.1 Å². The Labute approximate surface area is 127 Å². The Morgan fingerprint density at radius 1 is 1.48 bits per heavy atom. The number of nitrogens with zero attached hydrogens (tertiary/aromatic N) is 1. The van der Waals surface area contributed by atoms with E-state index in [4.69, 9.17) is 5.73 Å². The van der Waals surface area contributed by atoms with Crippen LogP contribution in [0.2, 0.25) is 0 Å². The van der Waals surface area contributed by atoms with Crippen molar-refractivity contribution in [2.75, 3.05) is 18.8 Å². The fraction of sp³-hybridized carbons (Fsp3) is 0.400. The number of hydrogen-bond acceptors (Lipinski definition) is 4. The van der Waals surface area contributed by atoms with E-state index in [0.29, 0.717) is 21.5 Å². The second kappa shape index (κ2) is 5.61. The third-order valence-electron chi connectivity index (χ3n) is 3.14. The SMILES string of the molecule is CCN(CC(C)(C)O)C(=O)c1sc2cccc(F)c2c1N. The van der Waals surface area contributed by atoms with Gasteiger partial charge in [0.2, 0.25) is 0 Å². The first-order chi connectivity index (χ1) is 9.74. The molecule has 6 heteroatoms. The summed E-state index contributed by atoms with van der Waals surface area (Å²) >= 11 is 1.18. The molecule has 0 spiro atoms. The van der Waals surface area contributed by atoms with Crippen LogP contribution in [0, 0.1) is 5.82 Å². The summed E-state index contributed by atoms with van der Waals surface area (Å²) in [5.74, 6) is -0.705. The molecule has 4 nitrogen and oxygen atoms in total. The summed E-state index contributed by atoms with van der Waals surface area (Å²) in [6.45, 7) is 5.74. The van der Waals surface area contributed by atoms with Gasteiger partial charge in [0, 0.05) is 17.8 Å². The van der Waals surface area contributed by atoms with Crippen molar-refractivity contribution in [3.05, 3.63) is 28.9 Å². The quantitative estimate of drug-likeness (QED) is 0.912. The highest BCUT2D eigenvalue weighted by Gasteiger charge is 2.26. The predicted molar refractivity (Wildman–Crippen MR) is 84.1 cm³/mol. The molecule has 0 saturated carbocycles. The summed E-state index contributed by atoms with van der Waals surface area (Å²) in [7, 11) is 0. The maximum absolute atomic E-state index is 13.8. The van der Waals surface area contributed by atoms with E-state index >= 15 is 0 Å². The molecular weight excluding hydrogens is 291 g/mol. The van der Waals surface area contributed by atoms with Crippen LogP contribution < -0.4 is 5.73 Å². The van der Waals surface area contributed by atoms with E-state index in [-0.39, 0.29) is 18.1 Å². The monoisotopic (exact) mass is 310 g/mol. The maximum atomic E-state index is 13.8. The Bertz CT molecular complexity index is 676. The number of nitrogens with two attached hydrogens (primary N) is 1. The number of aliphatic hydroxyl groups is 1. The minimum absolute atomic E-state index is 0.173. The summed E-state index contributed by atoms with van der Waals surface area (Å²) in [4.78, 5) is 14.4. The molecule has 0 bridgehead atoms. The van der Waals surface area contributed by atoms with Crippen LogP contribution >= 0.6 is 11.3 Å². The van der Waals surface area contributed by atoms with E-state index in [1.807, 2.05) is 6.92 Å². The standard InChI is InChI=1S/C15H19FN2O2S/c1-4-18(8-15(2,3)20)14(19)13-12(17)11-9(16)6-5-7-10(11)21-13/h5-7,20H,4,8,17H2,1-3H3. The zero-order valence-corrected chi connectivity index (χ0v) is 13.1. The molecule has 0 radical (unpaired) electrons. The van der Waals surface area contributed by atoms with Crippen LogP contribution in [-0.4, -0.2) is 34.6 Å². The van der Waals surface area contributed by atoms with Gasteiger partial charge in [0.05, 0.1) is 16.7 Å². The molecule has 114 valence electrons. The first kappa shape index (κ1) is 15.7. The summed E-state index contributed by atoms with van der Waals surface area (Å²) in [5, 5.41) is 10.2. The molecule has 0 saturated heterocycles. The smallest absolute Gasteiger partial charge is 0.266 e. The van der Waals surface area contributed by atoms with Crippen molar-refractivity contribution in [3.63, 3.8) is 0 Å². The van der Waals surface area contributed by atoms with Crippen LogP contribution in [0.3, 0.4) is 0 Å². The average Bonchev–Trinajstić information content (AvgIpc) is 2.73. The maximum Gasteiger partial charge on any atom is 0.266 e. The predicted octanol–water partition coefficient (Wildman–Crippen LogP) is 2.86. The summed E-state index contributed by atoms with van der Waals surface area (Å²) < 4.78 is 14.5. The number of carbonyl (C=O) groups is 1. The minimum atomic E-state index is -0.998. The number of nitrogen functional groups attached to an aromatic ring is 1. The lowest BCUT2D eigenvalue weighted by Gasteiger charge is -2.27. The van der Waals surface area contributed by atoms with Crippen LogP contribution in [0.25, 0.3) is 10.1 Å². The van der Waals surface area contributed by atoms with Gasteiger partial charge in [-0.05, 0) is 32.9 Å². The van der Waals surface area contributed by atoms with Gasteiger partial charge in [-0.1, -0.05) is 6.07 Å². The highest BCUT2D eigenvalue weighted by molar-refractivity contribution is 7.21. The third kappa shape index (κ3) is 3.16. The van der Waals surface area contributed by atoms with Crippen LogP contribution in [0.5, 0.6) is 0 Å². The zero-order chi connectivity index (χ0) is 15.8. The molecule has 21 heavy (non-hydrogen) atoms. The van der Waals surface area contributed by atoms with Crippen LogP contribution in [0.15, 0.2) is 18.2 Å². The molecule has 1 aromatic heterocycles. The molecule has 2 rings (SSSR count). The molecule has 1 amide bonds. The van der Waals surface area contributed by atoms with Crippen molar-refractivity contribution in [1.29, 1.82) is 0 Å². The van der Waals surface area contributed by atoms with Crippen molar-refractivity contribution >= 4 is 33.0 Å². The Morgan fingerprint density at radius 3 is 2.67 bits per heavy atom. The van der Waals surface area contributed by atoms with Gasteiger partial charge in [-0.15, -0.1) is 11.3 Å². The molecule has 0 atom stereocenters. The fourth-order valence-corrected chi connectivity index (χ4v) is 3.33. The molecule has 1 heterocycles. The van der Waals surface area contributed by atoms with Crippen molar-refractivity contribution in [1.82, 2.24) is 4.90 Å². The van der Waals surface area contributed by atoms with Crippen molar-refractivity contribution in [2.24, 2.45) is 0 Å². The number of rotatable bonds is 4. The lowest BCUT2D eigenvalue weighted by Crippen LogP contribution is -2.42. The molecule has 3 N–H and O–H groups in total. The van der Waals surface area contributed by atoms with E-state index in [0.717, 1.165) is 0 Å². The van der Waals surface area contributed by atoms with Crippen LogP contribution in [-0.2, 0) is 0 Å². The molecule has 0 fully saturated rings. The summed E-state index contributed by atoms with van der Waals surface area (Å²) in [5.41, 5.74) is 5.13. The fourth-order valence-electron chi connectivity index (χ4n) is 2.23. The van der Waals surface area contributed by atoms with E-state index in [1.54, 1.807) is 26.0 Å². The second-order valence-corrected chi connectivity index (χ2v) is 6.64. The number of likely N-dealkylation sites (N-methyl/N-ethyl adjacent to an activating group) is 1. The molecule has 1 aromatic carbocycles. The van der Waals surface area contributed by atoms with Gasteiger partial charge in [0.25, 0.3) is 5.91 Å². The molecule has 0 aliphatic heterocycles. The number of halogens is 1. The number of thiophene rings is 1. The highest BCUT2D eigenvalue weighted by Crippen LogP contribution is 2.36. The molecule has 0 aliphatic rings. The summed E-state index contributed by atoms with van der Waals surface area (Å²) in [6.07, 6.45) is 0. The molecule has 2 aromatic rings. The van der Waals surface area contributed by atoms with E-state index < -0.39 is 11.4 Å². The van der Waals surface area contributed by atoms with Gasteiger partial charge in [-0.2, -0.15) is 0 Å². The number of carbonyl (C=O) groups excluding carboxylic acids is 1. The number of fused-ring (bicyclic) bond motifs is 1.